The predicted octanol–water partition coefficient (Wildman–Crippen LogP) is 7.19. The molecule has 2 rings (SSSR count). The van der Waals surface area contributed by atoms with E-state index >= 15 is 0 Å². The quantitative estimate of drug-likeness (QED) is 0.0338. The molecule has 17 heteroatoms. The molecule has 3 amide bonds. The predicted molar refractivity (Wildman–Crippen MR) is 270 cm³/mol. The van der Waals surface area contributed by atoms with Crippen LogP contribution in [0.3, 0.4) is 0 Å². The highest BCUT2D eigenvalue weighted by atomic mass is 28.4. The van der Waals surface area contributed by atoms with E-state index in [2.05, 4.69) is 126 Å². The van der Waals surface area contributed by atoms with Crippen molar-refractivity contribution in [3.8, 4) is 11.1 Å². The lowest BCUT2D eigenvalue weighted by atomic mass is 9.94. The highest BCUT2D eigenvalue weighted by Gasteiger charge is 2.38. The zero-order valence-electron chi connectivity index (χ0n) is 43.2. The molecule has 0 bridgehead atoms. The Kier molecular flexibility index (Phi) is 25.7. The molecular formula is C50H86N4O11Si2. The van der Waals surface area contributed by atoms with Crippen LogP contribution in [0.4, 0.5) is 0 Å². The monoisotopic (exact) mass is 975 g/mol. The smallest absolute Gasteiger partial charge is 0.323 e. The van der Waals surface area contributed by atoms with Crippen LogP contribution in [0.1, 0.15) is 98.3 Å². The van der Waals surface area contributed by atoms with Gasteiger partial charge in [-0.15, -0.1) is 0 Å². The van der Waals surface area contributed by atoms with Gasteiger partial charge in [0.2, 0.25) is 17.7 Å². The minimum Gasteiger partial charge on any atom is -0.459 e. The van der Waals surface area contributed by atoms with Gasteiger partial charge in [-0.2, -0.15) is 0 Å². The molecule has 0 saturated carbocycles. The summed E-state index contributed by atoms with van der Waals surface area (Å²) >= 11 is 0. The SMILES string of the molecule is CC(C)(C)OC(=O)C(N)CCC(=O)NCCOCCOCC(=O)NCCOCCOCC(=O)NCCCc1cc(CO[Si](C)(C)C(C)(C)C)ccc1-c1ccc(CO[Si](C)(C)C(C)(C)C)cc1. The Hall–Kier alpha value is -3.53. The maximum Gasteiger partial charge on any atom is 0.323 e. The first-order valence-corrected chi connectivity index (χ1v) is 29.6. The Bertz CT molecular complexity index is 1810. The first-order chi connectivity index (χ1) is 31.2. The van der Waals surface area contributed by atoms with Crippen LogP contribution in [-0.4, -0.2) is 124 Å². The molecule has 2 aromatic carbocycles. The minimum atomic E-state index is -1.93. The fourth-order valence-corrected chi connectivity index (χ4v) is 7.66. The van der Waals surface area contributed by atoms with Crippen molar-refractivity contribution in [2.45, 2.75) is 149 Å². The number of nitrogens with two attached hydrogens (primary N) is 1. The van der Waals surface area contributed by atoms with Gasteiger partial charge in [0.25, 0.3) is 0 Å². The second-order valence-corrected chi connectivity index (χ2v) is 30.6. The molecule has 0 aliphatic carbocycles. The first-order valence-electron chi connectivity index (χ1n) is 23.8. The Morgan fingerprint density at radius 1 is 0.597 bits per heavy atom. The van der Waals surface area contributed by atoms with Crippen LogP contribution >= 0.6 is 0 Å². The van der Waals surface area contributed by atoms with E-state index in [9.17, 15) is 19.2 Å². The fourth-order valence-electron chi connectivity index (χ4n) is 5.74. The summed E-state index contributed by atoms with van der Waals surface area (Å²) in [5.41, 5.74) is 11.0. The molecule has 0 radical (unpaired) electrons. The summed E-state index contributed by atoms with van der Waals surface area (Å²) in [6.45, 7) is 31.5. The van der Waals surface area contributed by atoms with Crippen LogP contribution in [-0.2, 0) is 71.3 Å². The number of nitrogens with one attached hydrogen (secondary N) is 3. The van der Waals surface area contributed by atoms with E-state index in [1.165, 1.54) is 11.1 Å². The summed E-state index contributed by atoms with van der Waals surface area (Å²) in [5, 5.41) is 8.67. The van der Waals surface area contributed by atoms with E-state index in [0.29, 0.717) is 26.3 Å². The maximum absolute atomic E-state index is 12.6. The zero-order valence-corrected chi connectivity index (χ0v) is 45.2. The summed E-state index contributed by atoms with van der Waals surface area (Å²) in [4.78, 5) is 48.5. The number of benzene rings is 2. The van der Waals surface area contributed by atoms with Crippen molar-refractivity contribution in [3.05, 3.63) is 59.2 Å². The average Bonchev–Trinajstić information content (AvgIpc) is 3.23. The van der Waals surface area contributed by atoms with Crippen molar-refractivity contribution in [2.24, 2.45) is 5.73 Å². The highest BCUT2D eigenvalue weighted by Crippen LogP contribution is 2.38. The molecule has 0 saturated heterocycles. The molecule has 0 spiro atoms. The number of esters is 1. The number of hydrogen-bond donors (Lipinski definition) is 4. The average molecular weight is 975 g/mol. The van der Waals surface area contributed by atoms with Crippen LogP contribution in [0.5, 0.6) is 0 Å². The highest BCUT2D eigenvalue weighted by molar-refractivity contribution is 6.74. The minimum absolute atomic E-state index is 0.0701. The van der Waals surface area contributed by atoms with Gasteiger partial charge < -0.3 is 54.2 Å². The molecule has 0 fully saturated rings. The van der Waals surface area contributed by atoms with Crippen molar-refractivity contribution in [1.82, 2.24) is 16.0 Å². The van der Waals surface area contributed by atoms with Crippen molar-refractivity contribution in [1.29, 1.82) is 0 Å². The van der Waals surface area contributed by atoms with Crippen molar-refractivity contribution in [3.63, 3.8) is 0 Å². The Morgan fingerprint density at radius 2 is 1.06 bits per heavy atom. The molecule has 0 aliphatic heterocycles. The van der Waals surface area contributed by atoms with E-state index < -0.39 is 34.2 Å². The lowest BCUT2D eigenvalue weighted by molar-refractivity contribution is -0.156. The van der Waals surface area contributed by atoms with Gasteiger partial charge in [-0.1, -0.05) is 84.0 Å². The summed E-state index contributed by atoms with van der Waals surface area (Å²) in [7, 11) is -3.79. The molecule has 0 aromatic heterocycles. The third-order valence-electron chi connectivity index (χ3n) is 11.9. The summed E-state index contributed by atoms with van der Waals surface area (Å²) in [6.07, 6.45) is 1.82. The van der Waals surface area contributed by atoms with E-state index in [-0.39, 0.29) is 100 Å². The number of hydrogen-bond acceptors (Lipinski definition) is 12. The number of rotatable bonds is 31. The second-order valence-electron chi connectivity index (χ2n) is 20.9. The van der Waals surface area contributed by atoms with Gasteiger partial charge in [0.1, 0.15) is 24.9 Å². The lowest BCUT2D eigenvalue weighted by Gasteiger charge is -2.36. The van der Waals surface area contributed by atoms with Gasteiger partial charge in [-0.25, -0.2) is 0 Å². The number of carbonyl (C=O) groups is 4. The summed E-state index contributed by atoms with van der Waals surface area (Å²) in [6, 6.07) is 14.4. The third-order valence-corrected chi connectivity index (χ3v) is 20.9. The second kappa shape index (κ2) is 28.8. The largest absolute Gasteiger partial charge is 0.459 e. The third kappa shape index (κ3) is 24.5. The molecule has 0 heterocycles. The van der Waals surface area contributed by atoms with Crippen molar-refractivity contribution in [2.75, 3.05) is 72.5 Å². The molecular weight excluding hydrogens is 889 g/mol. The summed E-state index contributed by atoms with van der Waals surface area (Å²) < 4.78 is 40.0. The Labute approximate surface area is 404 Å². The fraction of sp³-hybridized carbons (Fsp3) is 0.680. The standard InChI is InChI=1S/C50H86N4O11Si2/c1-48(2,3)65-47(58)43(51)22-23-44(55)53-25-27-59-29-32-62-37-46(57)54-26-28-60-30-31-61-36-45(56)52-24-14-15-41-33-39(35-64-67(12,13)50(7,8)9)18-21-42(41)40-19-16-38(17-20-40)34-63-66(10,11)49(4,5)6/h16-21,33,43H,14-15,22-32,34-37,51H2,1-13H3,(H,52,56)(H,53,55)(H,54,57). The van der Waals surface area contributed by atoms with Gasteiger partial charge in [0, 0.05) is 26.1 Å². The molecule has 0 aliphatic rings. The number of aryl methyl sites for hydroxylation is 1. The van der Waals surface area contributed by atoms with Gasteiger partial charge in [0.05, 0.1) is 52.9 Å². The number of carbonyl (C=O) groups excluding carboxylic acids is 4. The van der Waals surface area contributed by atoms with Gasteiger partial charge in [-0.05, 0) is 104 Å². The van der Waals surface area contributed by atoms with E-state index in [4.69, 9.17) is 38.3 Å². The molecule has 67 heavy (non-hydrogen) atoms. The normalized spacial score (nSPS) is 13.0. The first kappa shape index (κ1) is 59.6. The zero-order chi connectivity index (χ0) is 50.3. The van der Waals surface area contributed by atoms with E-state index in [1.807, 2.05) is 0 Å². The molecule has 5 N–H and O–H groups in total. The van der Waals surface area contributed by atoms with Crippen LogP contribution in [0.15, 0.2) is 42.5 Å². The lowest BCUT2D eigenvalue weighted by Crippen LogP contribution is -2.40. The molecule has 2 aromatic rings. The maximum atomic E-state index is 12.6. The molecule has 380 valence electrons. The van der Waals surface area contributed by atoms with Crippen molar-refractivity contribution >= 4 is 40.3 Å². The Balaban J connectivity index is 1.64. The van der Waals surface area contributed by atoms with E-state index in [0.717, 1.165) is 29.5 Å². The van der Waals surface area contributed by atoms with Crippen LogP contribution in [0.2, 0.25) is 36.3 Å². The van der Waals surface area contributed by atoms with Gasteiger partial charge >= 0.3 is 5.97 Å². The van der Waals surface area contributed by atoms with Crippen LogP contribution in [0, 0.1) is 0 Å². The molecule has 1 unspecified atom stereocenters. The van der Waals surface area contributed by atoms with Gasteiger partial charge in [0.15, 0.2) is 16.6 Å². The summed E-state index contributed by atoms with van der Waals surface area (Å²) in [5.74, 6) is -1.25. The molecule has 1 atom stereocenters. The number of ether oxygens (including phenoxy) is 5. The van der Waals surface area contributed by atoms with E-state index in [1.54, 1.807) is 20.8 Å². The van der Waals surface area contributed by atoms with Crippen molar-refractivity contribution < 1.29 is 51.7 Å². The topological polar surface area (TPSA) is 195 Å². The molecule has 15 nitrogen and oxygen atoms in total. The van der Waals surface area contributed by atoms with Gasteiger partial charge in [-0.3, -0.25) is 19.2 Å². The Morgan fingerprint density at radius 3 is 1.57 bits per heavy atom. The van der Waals surface area contributed by atoms with Crippen LogP contribution < -0.4 is 21.7 Å². The number of amides is 3. The van der Waals surface area contributed by atoms with Crippen LogP contribution in [0.25, 0.3) is 11.1 Å².